The van der Waals surface area contributed by atoms with Crippen molar-refractivity contribution in [3.05, 3.63) is 35.4 Å². The van der Waals surface area contributed by atoms with E-state index in [0.29, 0.717) is 25.9 Å². The zero-order valence-electron chi connectivity index (χ0n) is 15.2. The lowest BCUT2D eigenvalue weighted by molar-refractivity contribution is -0.142. The van der Waals surface area contributed by atoms with Crippen molar-refractivity contribution in [2.45, 2.75) is 58.2 Å². The van der Waals surface area contributed by atoms with E-state index < -0.39 is 6.04 Å². The Morgan fingerprint density at radius 1 is 1.28 bits per heavy atom. The van der Waals surface area contributed by atoms with Gasteiger partial charge in [-0.25, -0.2) is 0 Å². The van der Waals surface area contributed by atoms with Crippen molar-refractivity contribution in [3.63, 3.8) is 0 Å². The Labute approximate surface area is 149 Å². The quantitative estimate of drug-likeness (QED) is 0.891. The molecule has 5 heteroatoms. The maximum absolute atomic E-state index is 12.8. The van der Waals surface area contributed by atoms with Gasteiger partial charge in [-0.1, -0.05) is 38.1 Å². The summed E-state index contributed by atoms with van der Waals surface area (Å²) < 4.78 is 5.58. The van der Waals surface area contributed by atoms with Crippen molar-refractivity contribution in [1.82, 2.24) is 10.2 Å². The molecule has 0 aromatic heterocycles. The number of fused-ring (bicyclic) bond motifs is 1. The molecule has 1 aromatic rings. The maximum Gasteiger partial charge on any atom is 0.243 e. The molecule has 0 aliphatic carbocycles. The van der Waals surface area contributed by atoms with Gasteiger partial charge in [-0.2, -0.15) is 0 Å². The molecule has 25 heavy (non-hydrogen) atoms. The van der Waals surface area contributed by atoms with E-state index >= 15 is 0 Å². The first-order valence-corrected chi connectivity index (χ1v) is 9.30. The van der Waals surface area contributed by atoms with Gasteiger partial charge in [-0.05, 0) is 29.9 Å². The highest BCUT2D eigenvalue weighted by molar-refractivity contribution is 5.88. The van der Waals surface area contributed by atoms with Crippen molar-refractivity contribution in [1.29, 1.82) is 0 Å². The Balaban J connectivity index is 1.72. The number of benzene rings is 1. The molecule has 1 N–H and O–H groups in total. The second-order valence-electron chi connectivity index (χ2n) is 7.49. The average molecular weight is 344 g/mol. The molecule has 2 heterocycles. The lowest BCUT2D eigenvalue weighted by Gasteiger charge is -2.36. The first-order valence-electron chi connectivity index (χ1n) is 9.30. The van der Waals surface area contributed by atoms with Crippen LogP contribution in [0.15, 0.2) is 24.3 Å². The number of carbonyl (C=O) groups is 2. The molecule has 2 amide bonds. The second-order valence-corrected chi connectivity index (χ2v) is 7.49. The van der Waals surface area contributed by atoms with E-state index in [1.807, 2.05) is 32.0 Å². The number of nitrogens with zero attached hydrogens (tertiary/aromatic N) is 1. The van der Waals surface area contributed by atoms with Crippen LogP contribution in [0, 0.1) is 5.92 Å². The van der Waals surface area contributed by atoms with Gasteiger partial charge in [0.2, 0.25) is 11.8 Å². The van der Waals surface area contributed by atoms with E-state index in [-0.39, 0.29) is 23.8 Å². The van der Waals surface area contributed by atoms with Gasteiger partial charge in [-0.15, -0.1) is 0 Å². The van der Waals surface area contributed by atoms with Crippen LogP contribution in [0.4, 0.5) is 0 Å². The minimum atomic E-state index is -0.428. The normalized spacial score (nSPS) is 22.8. The molecular weight excluding hydrogens is 316 g/mol. The van der Waals surface area contributed by atoms with Gasteiger partial charge >= 0.3 is 0 Å². The number of hydrogen-bond donors (Lipinski definition) is 1. The van der Waals surface area contributed by atoms with Crippen LogP contribution in [-0.4, -0.2) is 42.0 Å². The highest BCUT2D eigenvalue weighted by Gasteiger charge is 2.34. The molecule has 3 rings (SSSR count). The van der Waals surface area contributed by atoms with Crippen molar-refractivity contribution in [2.24, 2.45) is 5.92 Å². The van der Waals surface area contributed by atoms with Crippen LogP contribution in [0.2, 0.25) is 0 Å². The van der Waals surface area contributed by atoms with Crippen LogP contribution in [0.5, 0.6) is 0 Å². The Morgan fingerprint density at radius 3 is 2.72 bits per heavy atom. The Kier molecular flexibility index (Phi) is 5.74. The molecule has 2 atom stereocenters. The largest absolute Gasteiger partial charge is 0.376 e. The van der Waals surface area contributed by atoms with Crippen molar-refractivity contribution >= 4 is 11.8 Å². The molecule has 1 saturated heterocycles. The van der Waals surface area contributed by atoms with Gasteiger partial charge in [-0.3, -0.25) is 9.59 Å². The SMILES string of the molecule is CC(C)CC(=O)N1Cc2ccccc2C[C@@H]1C(=O)NC[C@H]1CCCO1. The van der Waals surface area contributed by atoms with E-state index in [1.54, 1.807) is 4.90 Å². The molecule has 5 nitrogen and oxygen atoms in total. The van der Waals surface area contributed by atoms with E-state index in [2.05, 4.69) is 11.4 Å². The minimum absolute atomic E-state index is 0.0572. The fraction of sp³-hybridized carbons (Fsp3) is 0.600. The molecule has 1 aromatic carbocycles. The summed E-state index contributed by atoms with van der Waals surface area (Å²) in [5.74, 6) is 0.268. The molecule has 2 aliphatic heterocycles. The highest BCUT2D eigenvalue weighted by atomic mass is 16.5. The van der Waals surface area contributed by atoms with Crippen LogP contribution >= 0.6 is 0 Å². The molecule has 136 valence electrons. The van der Waals surface area contributed by atoms with Gasteiger partial charge in [0.25, 0.3) is 0 Å². The van der Waals surface area contributed by atoms with Gasteiger partial charge in [0.1, 0.15) is 6.04 Å². The molecule has 0 radical (unpaired) electrons. The zero-order chi connectivity index (χ0) is 17.8. The molecule has 0 bridgehead atoms. The third-order valence-electron chi connectivity index (χ3n) is 4.98. The molecular formula is C20H28N2O3. The summed E-state index contributed by atoms with van der Waals surface area (Å²) in [6.45, 7) is 5.88. The standard InChI is InChI=1S/C20H28N2O3/c1-14(2)10-19(23)22-13-16-7-4-3-6-15(16)11-18(22)20(24)21-12-17-8-5-9-25-17/h3-4,6-7,14,17-18H,5,8-13H2,1-2H3,(H,21,24)/t17-,18-/m1/s1. The Morgan fingerprint density at radius 2 is 2.04 bits per heavy atom. The number of carbonyl (C=O) groups excluding carboxylic acids is 2. The summed E-state index contributed by atoms with van der Waals surface area (Å²) >= 11 is 0. The molecule has 0 saturated carbocycles. The third kappa shape index (κ3) is 4.40. The van der Waals surface area contributed by atoms with Crippen molar-refractivity contribution in [3.8, 4) is 0 Å². The smallest absolute Gasteiger partial charge is 0.243 e. The Hall–Kier alpha value is -1.88. The fourth-order valence-corrected chi connectivity index (χ4v) is 3.62. The van der Waals surface area contributed by atoms with Crippen molar-refractivity contribution in [2.75, 3.05) is 13.2 Å². The molecule has 2 aliphatic rings. The monoisotopic (exact) mass is 344 g/mol. The van der Waals surface area contributed by atoms with Crippen LogP contribution < -0.4 is 5.32 Å². The molecule has 1 fully saturated rings. The van der Waals surface area contributed by atoms with Gasteiger partial charge in [0, 0.05) is 32.5 Å². The minimum Gasteiger partial charge on any atom is -0.376 e. The molecule has 0 spiro atoms. The summed E-state index contributed by atoms with van der Waals surface area (Å²) in [6, 6.07) is 7.65. The third-order valence-corrected chi connectivity index (χ3v) is 4.98. The average Bonchev–Trinajstić information content (AvgIpc) is 3.11. The predicted molar refractivity (Wildman–Crippen MR) is 95.9 cm³/mol. The lowest BCUT2D eigenvalue weighted by Crippen LogP contribution is -2.53. The fourth-order valence-electron chi connectivity index (χ4n) is 3.62. The first kappa shape index (κ1) is 17.9. The lowest BCUT2D eigenvalue weighted by atomic mass is 9.92. The van der Waals surface area contributed by atoms with Crippen molar-refractivity contribution < 1.29 is 14.3 Å². The number of rotatable bonds is 5. The summed E-state index contributed by atoms with van der Waals surface area (Å²) in [7, 11) is 0. The first-order chi connectivity index (χ1) is 12.0. The summed E-state index contributed by atoms with van der Waals surface area (Å²) in [4.78, 5) is 27.3. The number of ether oxygens (including phenoxy) is 1. The number of nitrogens with one attached hydrogen (secondary N) is 1. The van der Waals surface area contributed by atoms with Gasteiger partial charge < -0.3 is 15.0 Å². The molecule has 0 unspecified atom stereocenters. The second kappa shape index (κ2) is 8.00. The number of hydrogen-bond acceptors (Lipinski definition) is 3. The van der Waals surface area contributed by atoms with E-state index in [4.69, 9.17) is 4.74 Å². The van der Waals surface area contributed by atoms with Gasteiger partial charge in [0.15, 0.2) is 0 Å². The van der Waals surface area contributed by atoms with E-state index in [0.717, 1.165) is 30.6 Å². The zero-order valence-corrected chi connectivity index (χ0v) is 15.2. The predicted octanol–water partition coefficient (Wildman–Crippen LogP) is 2.28. The topological polar surface area (TPSA) is 58.6 Å². The summed E-state index contributed by atoms with van der Waals surface area (Å²) in [6.07, 6.45) is 3.20. The van der Waals surface area contributed by atoms with Crippen LogP contribution in [0.25, 0.3) is 0 Å². The summed E-state index contributed by atoms with van der Waals surface area (Å²) in [5.41, 5.74) is 2.30. The Bertz CT molecular complexity index is 623. The number of amides is 2. The van der Waals surface area contributed by atoms with Crippen LogP contribution in [0.3, 0.4) is 0 Å². The van der Waals surface area contributed by atoms with Crippen LogP contribution in [-0.2, 0) is 27.3 Å². The van der Waals surface area contributed by atoms with Crippen LogP contribution in [0.1, 0.15) is 44.2 Å². The van der Waals surface area contributed by atoms with Gasteiger partial charge in [0.05, 0.1) is 6.10 Å². The van der Waals surface area contributed by atoms with E-state index in [9.17, 15) is 9.59 Å². The summed E-state index contributed by atoms with van der Waals surface area (Å²) in [5, 5.41) is 3.01. The van der Waals surface area contributed by atoms with E-state index in [1.165, 1.54) is 0 Å². The highest BCUT2D eigenvalue weighted by Crippen LogP contribution is 2.25. The maximum atomic E-state index is 12.8.